The van der Waals surface area contributed by atoms with Crippen LogP contribution in [0.15, 0.2) is 0 Å². The molecule has 0 saturated heterocycles. The average Bonchev–Trinajstić information content (AvgIpc) is 2.04. The minimum Gasteiger partial charge on any atom is -0.481 e. The van der Waals surface area contributed by atoms with Crippen LogP contribution < -0.4 is 0 Å². The Morgan fingerprint density at radius 3 is 2.25 bits per heavy atom. The van der Waals surface area contributed by atoms with Crippen molar-refractivity contribution in [2.45, 2.75) is 38.5 Å². The van der Waals surface area contributed by atoms with Crippen molar-refractivity contribution in [1.82, 2.24) is 0 Å². The van der Waals surface area contributed by atoms with Gasteiger partial charge in [0.25, 0.3) is 0 Å². The van der Waals surface area contributed by atoms with Gasteiger partial charge < -0.3 is 5.11 Å². The van der Waals surface area contributed by atoms with Gasteiger partial charge in [-0.1, -0.05) is 0 Å². The molecule has 1 spiro atoms. The molecule has 3 saturated carbocycles. The smallest absolute Gasteiger partial charge is 0.310 e. The second-order valence-corrected chi connectivity index (χ2v) is 4.82. The summed E-state index contributed by atoms with van der Waals surface area (Å²) in [6.45, 7) is 0. The van der Waals surface area contributed by atoms with Gasteiger partial charge >= 0.3 is 5.97 Å². The fraction of sp³-hybridized carbons (Fsp3) is 0.900. The zero-order valence-corrected chi connectivity index (χ0v) is 7.18. The summed E-state index contributed by atoms with van der Waals surface area (Å²) in [5.74, 6) is 0.276. The van der Waals surface area contributed by atoms with E-state index in [1.165, 1.54) is 25.7 Å². The summed E-state index contributed by atoms with van der Waals surface area (Å²) in [7, 11) is 0. The molecule has 0 radical (unpaired) electrons. The van der Waals surface area contributed by atoms with Crippen molar-refractivity contribution < 1.29 is 9.90 Å². The van der Waals surface area contributed by atoms with Gasteiger partial charge in [0.15, 0.2) is 0 Å². The third kappa shape index (κ3) is 0.436. The van der Waals surface area contributed by atoms with Gasteiger partial charge in [-0.15, -0.1) is 0 Å². The maximum Gasteiger partial charge on any atom is 0.310 e. The first-order valence-electron chi connectivity index (χ1n) is 4.95. The minimum atomic E-state index is -0.504. The van der Waals surface area contributed by atoms with E-state index in [2.05, 4.69) is 0 Å². The van der Waals surface area contributed by atoms with Crippen molar-refractivity contribution in [3.63, 3.8) is 0 Å². The minimum absolute atomic E-state index is 0.254. The predicted molar refractivity (Wildman–Crippen MR) is 43.7 cm³/mol. The lowest BCUT2D eigenvalue weighted by atomic mass is 9.41. The molecule has 3 aliphatic carbocycles. The monoisotopic (exact) mass is 166 g/mol. The van der Waals surface area contributed by atoms with Crippen molar-refractivity contribution in [3.05, 3.63) is 0 Å². The van der Waals surface area contributed by atoms with Gasteiger partial charge in [-0.05, 0) is 49.9 Å². The molecule has 3 fully saturated rings. The Labute approximate surface area is 72.0 Å². The summed E-state index contributed by atoms with van der Waals surface area (Å²) in [6, 6.07) is 0. The Hall–Kier alpha value is -0.530. The number of rotatable bonds is 1. The van der Waals surface area contributed by atoms with Gasteiger partial charge in [-0.2, -0.15) is 0 Å². The summed E-state index contributed by atoms with van der Waals surface area (Å²) < 4.78 is 0. The van der Waals surface area contributed by atoms with E-state index < -0.39 is 5.97 Å². The van der Waals surface area contributed by atoms with Gasteiger partial charge in [0.1, 0.15) is 0 Å². The van der Waals surface area contributed by atoms with Crippen molar-refractivity contribution in [2.24, 2.45) is 16.7 Å². The van der Waals surface area contributed by atoms with Gasteiger partial charge in [-0.3, -0.25) is 4.79 Å². The van der Waals surface area contributed by atoms with Crippen LogP contribution in [0.3, 0.4) is 0 Å². The van der Waals surface area contributed by atoms with E-state index in [0.29, 0.717) is 5.41 Å². The molecule has 0 aromatic rings. The third-order valence-electron chi connectivity index (χ3n) is 5.00. The van der Waals surface area contributed by atoms with Crippen molar-refractivity contribution >= 4 is 5.97 Å². The van der Waals surface area contributed by atoms with E-state index in [1.54, 1.807) is 0 Å². The molecular weight excluding hydrogens is 152 g/mol. The number of hydrogen-bond donors (Lipinski definition) is 1. The molecule has 2 nitrogen and oxygen atoms in total. The molecule has 0 heterocycles. The third-order valence-corrected chi connectivity index (χ3v) is 5.00. The van der Waals surface area contributed by atoms with E-state index >= 15 is 0 Å². The molecule has 0 amide bonds. The molecule has 1 N–H and O–H groups in total. The lowest BCUT2D eigenvalue weighted by Crippen LogP contribution is -2.59. The van der Waals surface area contributed by atoms with Crippen molar-refractivity contribution in [2.75, 3.05) is 0 Å². The molecule has 0 bridgehead atoms. The summed E-state index contributed by atoms with van der Waals surface area (Å²) >= 11 is 0. The normalized spacial score (nSPS) is 54.8. The predicted octanol–water partition coefficient (Wildman–Crippen LogP) is 2.04. The van der Waals surface area contributed by atoms with Crippen LogP contribution in [0, 0.1) is 16.7 Å². The Morgan fingerprint density at radius 1 is 1.17 bits per heavy atom. The summed E-state index contributed by atoms with van der Waals surface area (Å²) in [5, 5.41) is 9.21. The van der Waals surface area contributed by atoms with E-state index in [1.807, 2.05) is 0 Å². The highest BCUT2D eigenvalue weighted by Crippen LogP contribution is 2.76. The zero-order valence-electron chi connectivity index (χ0n) is 7.18. The SMILES string of the molecule is O=C(O)C12CCC3CCC31CC2. The molecule has 3 atom stereocenters. The maximum absolute atomic E-state index is 11.2. The van der Waals surface area contributed by atoms with Crippen LogP contribution in [0.5, 0.6) is 0 Å². The highest BCUT2D eigenvalue weighted by Gasteiger charge is 2.72. The van der Waals surface area contributed by atoms with Crippen LogP contribution >= 0.6 is 0 Å². The highest BCUT2D eigenvalue weighted by atomic mass is 16.4. The summed E-state index contributed by atoms with van der Waals surface area (Å²) in [6.07, 6.45) is 6.81. The fourth-order valence-corrected chi connectivity index (χ4v) is 4.05. The Balaban J connectivity index is 2.02. The summed E-state index contributed by atoms with van der Waals surface area (Å²) in [5.41, 5.74) is 0.0365. The molecule has 3 rings (SSSR count). The molecular formula is C10H14O2. The quantitative estimate of drug-likeness (QED) is 0.647. The van der Waals surface area contributed by atoms with Crippen molar-refractivity contribution in [1.29, 1.82) is 0 Å². The Bertz CT molecular complexity index is 257. The lowest BCUT2D eigenvalue weighted by Gasteiger charge is -2.61. The number of carboxylic acid groups (broad SMARTS) is 1. The Kier molecular flexibility index (Phi) is 0.984. The first kappa shape index (κ1) is 6.93. The van der Waals surface area contributed by atoms with Crippen LogP contribution in [-0.4, -0.2) is 11.1 Å². The topological polar surface area (TPSA) is 37.3 Å². The molecule has 3 aliphatic rings. The largest absolute Gasteiger partial charge is 0.481 e. The van der Waals surface area contributed by atoms with Gasteiger partial charge in [0, 0.05) is 0 Å². The number of aliphatic carboxylic acids is 1. The molecule has 2 heteroatoms. The van der Waals surface area contributed by atoms with E-state index in [-0.39, 0.29) is 5.41 Å². The Morgan fingerprint density at radius 2 is 1.92 bits per heavy atom. The molecule has 0 aromatic carbocycles. The van der Waals surface area contributed by atoms with Gasteiger partial charge in [0.2, 0.25) is 0 Å². The van der Waals surface area contributed by atoms with Crippen LogP contribution in [0.2, 0.25) is 0 Å². The van der Waals surface area contributed by atoms with Crippen LogP contribution in [0.25, 0.3) is 0 Å². The lowest BCUT2D eigenvalue weighted by molar-refractivity contribution is -0.189. The van der Waals surface area contributed by atoms with Crippen molar-refractivity contribution in [3.8, 4) is 0 Å². The molecule has 66 valence electrons. The first-order valence-corrected chi connectivity index (χ1v) is 4.95. The second kappa shape index (κ2) is 1.70. The van der Waals surface area contributed by atoms with Crippen LogP contribution in [0.4, 0.5) is 0 Å². The highest BCUT2D eigenvalue weighted by molar-refractivity contribution is 5.78. The van der Waals surface area contributed by atoms with E-state index in [0.717, 1.165) is 18.8 Å². The molecule has 0 aliphatic heterocycles. The summed E-state index contributed by atoms with van der Waals surface area (Å²) in [4.78, 5) is 11.2. The van der Waals surface area contributed by atoms with Gasteiger partial charge in [-0.25, -0.2) is 0 Å². The molecule has 0 aromatic heterocycles. The van der Waals surface area contributed by atoms with E-state index in [9.17, 15) is 9.90 Å². The van der Waals surface area contributed by atoms with Gasteiger partial charge in [0.05, 0.1) is 5.41 Å². The number of carbonyl (C=O) groups is 1. The van der Waals surface area contributed by atoms with Crippen LogP contribution in [0.1, 0.15) is 38.5 Å². The van der Waals surface area contributed by atoms with E-state index in [4.69, 9.17) is 0 Å². The fourth-order valence-electron chi connectivity index (χ4n) is 4.05. The van der Waals surface area contributed by atoms with Crippen LogP contribution in [-0.2, 0) is 4.79 Å². The zero-order chi connectivity index (χ0) is 8.40. The number of carboxylic acids is 1. The second-order valence-electron chi connectivity index (χ2n) is 4.82. The average molecular weight is 166 g/mol. The maximum atomic E-state index is 11.2. The molecule has 12 heavy (non-hydrogen) atoms. The standard InChI is InChI=1S/C10H14O2/c11-8(12)10-4-2-7-1-3-9(7,10)5-6-10/h7H,1-6H2,(H,11,12). The first-order chi connectivity index (χ1) is 5.71. The number of hydrogen-bond acceptors (Lipinski definition) is 1. The molecule has 3 unspecified atom stereocenters.